The number of piperazine rings is 1. The van der Waals surface area contributed by atoms with Crippen LogP contribution in [0.15, 0.2) is 59.6 Å². The highest BCUT2D eigenvalue weighted by atomic mass is 32.2. The van der Waals surface area contributed by atoms with Crippen LogP contribution in [-0.2, 0) is 4.79 Å². The van der Waals surface area contributed by atoms with Gasteiger partial charge in [-0.15, -0.1) is 11.3 Å². The fourth-order valence-electron chi connectivity index (χ4n) is 3.83. The Kier molecular flexibility index (Phi) is 5.61. The molecule has 0 N–H and O–H groups in total. The Balaban J connectivity index is 1.20. The van der Waals surface area contributed by atoms with Gasteiger partial charge in [0.2, 0.25) is 5.91 Å². The van der Waals surface area contributed by atoms with E-state index in [9.17, 15) is 4.79 Å². The van der Waals surface area contributed by atoms with E-state index >= 15 is 0 Å². The van der Waals surface area contributed by atoms with E-state index in [4.69, 9.17) is 0 Å². The van der Waals surface area contributed by atoms with E-state index in [1.165, 1.54) is 17.3 Å². The zero-order valence-corrected chi connectivity index (χ0v) is 18.8. The molecule has 0 atom stereocenters. The molecule has 0 aliphatic carbocycles. The van der Waals surface area contributed by atoms with Gasteiger partial charge >= 0.3 is 0 Å². The van der Waals surface area contributed by atoms with E-state index in [1.807, 2.05) is 33.2 Å². The first-order valence-electron chi connectivity index (χ1n) is 10.1. The molecular formula is C22H22N6OS2. The molecule has 1 fully saturated rings. The fraction of sp³-hybridized carbons (Fsp3) is 0.273. The number of imidazole rings is 1. The average Bonchev–Trinajstić information content (AvgIpc) is 3.47. The molecule has 4 heterocycles. The van der Waals surface area contributed by atoms with Gasteiger partial charge in [-0.05, 0) is 30.0 Å². The van der Waals surface area contributed by atoms with Crippen molar-refractivity contribution in [1.29, 1.82) is 0 Å². The van der Waals surface area contributed by atoms with E-state index in [2.05, 4.69) is 45.0 Å². The Labute approximate surface area is 188 Å². The smallest absolute Gasteiger partial charge is 0.233 e. The molecule has 1 aliphatic heterocycles. The molecule has 4 aromatic rings. The summed E-state index contributed by atoms with van der Waals surface area (Å²) in [5, 5.41) is 3.97. The van der Waals surface area contributed by atoms with Crippen LogP contribution >= 0.6 is 23.1 Å². The number of rotatable bonds is 5. The van der Waals surface area contributed by atoms with Crippen LogP contribution in [0, 0.1) is 6.92 Å². The summed E-state index contributed by atoms with van der Waals surface area (Å²) < 4.78 is 2.05. The Morgan fingerprint density at radius 2 is 1.94 bits per heavy atom. The molecule has 5 rings (SSSR count). The summed E-state index contributed by atoms with van der Waals surface area (Å²) >= 11 is 3.11. The van der Waals surface area contributed by atoms with Gasteiger partial charge in [-0.2, -0.15) is 0 Å². The molecule has 1 amide bonds. The number of thioether (sulfide) groups is 1. The largest absolute Gasteiger partial charge is 0.352 e. The number of anilines is 1. The van der Waals surface area contributed by atoms with Gasteiger partial charge in [0.05, 0.1) is 16.8 Å². The minimum Gasteiger partial charge on any atom is -0.352 e. The van der Waals surface area contributed by atoms with E-state index in [-0.39, 0.29) is 5.91 Å². The number of amides is 1. The van der Waals surface area contributed by atoms with Crippen molar-refractivity contribution in [2.45, 2.75) is 12.1 Å². The number of hydrogen-bond donors (Lipinski definition) is 0. The highest BCUT2D eigenvalue weighted by Gasteiger charge is 2.24. The minimum absolute atomic E-state index is 0.146. The summed E-state index contributed by atoms with van der Waals surface area (Å²) in [4.78, 5) is 31.3. The molecule has 0 saturated carbocycles. The van der Waals surface area contributed by atoms with Gasteiger partial charge in [-0.1, -0.05) is 30.0 Å². The number of aromatic nitrogens is 4. The van der Waals surface area contributed by atoms with Crippen LogP contribution in [0.3, 0.4) is 0 Å². The molecular weight excluding hydrogens is 428 g/mol. The van der Waals surface area contributed by atoms with Gasteiger partial charge in [0.25, 0.3) is 0 Å². The maximum atomic E-state index is 12.8. The van der Waals surface area contributed by atoms with Gasteiger partial charge in [0.1, 0.15) is 17.0 Å². The van der Waals surface area contributed by atoms with Crippen LogP contribution in [0.4, 0.5) is 5.82 Å². The van der Waals surface area contributed by atoms with Crippen LogP contribution in [-0.4, -0.2) is 62.3 Å². The molecule has 158 valence electrons. The van der Waals surface area contributed by atoms with E-state index in [0.717, 1.165) is 40.0 Å². The fourth-order valence-corrected chi connectivity index (χ4v) is 5.42. The number of hydrogen-bond acceptors (Lipinski definition) is 7. The third kappa shape index (κ3) is 4.03. The second kappa shape index (κ2) is 8.68. The second-order valence-electron chi connectivity index (χ2n) is 7.36. The highest BCUT2D eigenvalue weighted by Crippen LogP contribution is 2.28. The van der Waals surface area contributed by atoms with E-state index in [1.54, 1.807) is 23.9 Å². The Morgan fingerprint density at radius 3 is 2.77 bits per heavy atom. The summed E-state index contributed by atoms with van der Waals surface area (Å²) in [6, 6.07) is 10.3. The molecule has 9 heteroatoms. The maximum Gasteiger partial charge on any atom is 0.233 e. The van der Waals surface area contributed by atoms with E-state index < -0.39 is 0 Å². The minimum atomic E-state index is 0.146. The average molecular weight is 451 g/mol. The summed E-state index contributed by atoms with van der Waals surface area (Å²) in [5.74, 6) is 1.49. The van der Waals surface area contributed by atoms with Crippen molar-refractivity contribution in [2.24, 2.45) is 0 Å². The predicted octanol–water partition coefficient (Wildman–Crippen LogP) is 3.63. The normalized spacial score (nSPS) is 14.4. The van der Waals surface area contributed by atoms with Crippen molar-refractivity contribution in [2.75, 3.05) is 36.8 Å². The molecule has 31 heavy (non-hydrogen) atoms. The lowest BCUT2D eigenvalue weighted by Gasteiger charge is -2.35. The molecule has 0 bridgehead atoms. The SMILES string of the molecule is Cc1ccccc1-n1ccnc1SCC(=O)N1CCN(c2ncnc3sccc23)CC1. The quantitative estimate of drug-likeness (QED) is 0.433. The van der Waals surface area contributed by atoms with Crippen molar-refractivity contribution < 1.29 is 4.79 Å². The van der Waals surface area contributed by atoms with Crippen molar-refractivity contribution in [3.63, 3.8) is 0 Å². The van der Waals surface area contributed by atoms with Crippen LogP contribution < -0.4 is 4.90 Å². The molecule has 1 saturated heterocycles. The first-order chi connectivity index (χ1) is 15.2. The van der Waals surface area contributed by atoms with Crippen molar-refractivity contribution in [3.05, 3.63) is 60.0 Å². The molecule has 3 aromatic heterocycles. The summed E-state index contributed by atoms with van der Waals surface area (Å²) in [6.45, 7) is 5.02. The number of para-hydroxylation sites is 1. The number of benzene rings is 1. The molecule has 1 aromatic carbocycles. The Hall–Kier alpha value is -2.91. The zero-order valence-electron chi connectivity index (χ0n) is 17.1. The summed E-state index contributed by atoms with van der Waals surface area (Å²) in [5.41, 5.74) is 2.27. The first-order valence-corrected chi connectivity index (χ1v) is 12.0. The standard InChI is InChI=1S/C22H22N6OS2/c1-16-4-2-3-5-18(16)28-8-7-23-22(28)31-14-19(29)26-9-11-27(12-10-26)20-17-6-13-30-21(17)25-15-24-20/h2-8,13,15H,9-12,14H2,1H3. The van der Waals surface area contributed by atoms with Crippen LogP contribution in [0.5, 0.6) is 0 Å². The van der Waals surface area contributed by atoms with Gasteiger partial charge in [0, 0.05) is 38.6 Å². The third-order valence-electron chi connectivity index (χ3n) is 5.48. The lowest BCUT2D eigenvalue weighted by atomic mass is 10.2. The Bertz CT molecular complexity index is 1210. The number of fused-ring (bicyclic) bond motifs is 1. The maximum absolute atomic E-state index is 12.8. The molecule has 1 aliphatic rings. The number of thiophene rings is 1. The number of carbonyl (C=O) groups is 1. The van der Waals surface area contributed by atoms with Crippen LogP contribution in [0.25, 0.3) is 15.9 Å². The summed E-state index contributed by atoms with van der Waals surface area (Å²) in [6.07, 6.45) is 5.35. The second-order valence-corrected chi connectivity index (χ2v) is 9.20. The molecule has 7 nitrogen and oxygen atoms in total. The zero-order chi connectivity index (χ0) is 21.2. The van der Waals surface area contributed by atoms with Crippen molar-refractivity contribution in [3.8, 4) is 5.69 Å². The number of aryl methyl sites for hydroxylation is 1. The number of carbonyl (C=O) groups excluding carboxylic acids is 1. The Morgan fingerprint density at radius 1 is 1.10 bits per heavy atom. The van der Waals surface area contributed by atoms with Crippen molar-refractivity contribution in [1.82, 2.24) is 24.4 Å². The van der Waals surface area contributed by atoms with E-state index in [0.29, 0.717) is 18.8 Å². The van der Waals surface area contributed by atoms with Gasteiger partial charge in [-0.3, -0.25) is 9.36 Å². The monoisotopic (exact) mass is 450 g/mol. The highest BCUT2D eigenvalue weighted by molar-refractivity contribution is 7.99. The third-order valence-corrected chi connectivity index (χ3v) is 7.25. The van der Waals surface area contributed by atoms with Gasteiger partial charge in [-0.25, -0.2) is 15.0 Å². The molecule has 0 spiro atoms. The summed E-state index contributed by atoms with van der Waals surface area (Å²) in [7, 11) is 0. The number of nitrogens with zero attached hydrogens (tertiary/aromatic N) is 6. The molecule has 0 unspecified atom stereocenters. The first kappa shape index (κ1) is 20.0. The lowest BCUT2D eigenvalue weighted by Crippen LogP contribution is -2.49. The van der Waals surface area contributed by atoms with Gasteiger partial charge in [0.15, 0.2) is 5.16 Å². The van der Waals surface area contributed by atoms with Gasteiger partial charge < -0.3 is 9.80 Å². The predicted molar refractivity (Wildman–Crippen MR) is 125 cm³/mol. The lowest BCUT2D eigenvalue weighted by molar-refractivity contribution is -0.128. The van der Waals surface area contributed by atoms with Crippen LogP contribution in [0.2, 0.25) is 0 Å². The van der Waals surface area contributed by atoms with Crippen LogP contribution in [0.1, 0.15) is 5.56 Å². The topological polar surface area (TPSA) is 67.2 Å². The van der Waals surface area contributed by atoms with Crippen molar-refractivity contribution >= 4 is 45.0 Å². The molecule has 0 radical (unpaired) electrons.